The van der Waals surface area contributed by atoms with E-state index in [0.717, 1.165) is 56.8 Å². The number of nitrogens with one attached hydrogen (secondary N) is 2. The van der Waals surface area contributed by atoms with Crippen LogP contribution in [0, 0.1) is 0 Å². The van der Waals surface area contributed by atoms with Crippen molar-refractivity contribution in [3.63, 3.8) is 0 Å². The first kappa shape index (κ1) is 18.2. The third kappa shape index (κ3) is 3.87. The summed E-state index contributed by atoms with van der Waals surface area (Å²) < 4.78 is 2.14. The van der Waals surface area contributed by atoms with Crippen molar-refractivity contribution in [2.75, 3.05) is 6.54 Å². The van der Waals surface area contributed by atoms with Gasteiger partial charge in [0.05, 0.1) is 12.1 Å². The summed E-state index contributed by atoms with van der Waals surface area (Å²) in [4.78, 5) is 12.2. The highest BCUT2D eigenvalue weighted by molar-refractivity contribution is 5.85. The molecule has 8 heteroatoms. The fourth-order valence-corrected chi connectivity index (χ4v) is 2.95. The van der Waals surface area contributed by atoms with Gasteiger partial charge in [-0.3, -0.25) is 4.79 Å². The highest BCUT2D eigenvalue weighted by Gasteiger charge is 2.25. The van der Waals surface area contributed by atoms with Gasteiger partial charge in [0.1, 0.15) is 5.82 Å². The van der Waals surface area contributed by atoms with E-state index in [1.807, 2.05) is 6.92 Å². The van der Waals surface area contributed by atoms with E-state index < -0.39 is 0 Å². The number of aromatic nitrogens is 3. The largest absolute Gasteiger partial charge is 0.345 e. The third-order valence-corrected chi connectivity index (χ3v) is 4.01. The first-order chi connectivity index (χ1) is 9.25. The highest BCUT2D eigenvalue weighted by Crippen LogP contribution is 2.19. The van der Waals surface area contributed by atoms with Crippen molar-refractivity contribution >= 4 is 30.7 Å². The van der Waals surface area contributed by atoms with Gasteiger partial charge in [0.15, 0.2) is 5.82 Å². The molecule has 120 valence electrons. The molecule has 2 N–H and O–H groups in total. The van der Waals surface area contributed by atoms with Crippen LogP contribution in [-0.4, -0.2) is 33.3 Å². The number of piperidine rings is 1. The van der Waals surface area contributed by atoms with Crippen LogP contribution in [0.2, 0.25) is 0 Å². The van der Waals surface area contributed by atoms with Gasteiger partial charge >= 0.3 is 0 Å². The fourth-order valence-electron chi connectivity index (χ4n) is 2.95. The number of nitrogens with zero attached hydrogens (tertiary/aromatic N) is 3. The Bertz CT molecular complexity index is 473. The van der Waals surface area contributed by atoms with Crippen LogP contribution in [0.15, 0.2) is 0 Å². The van der Waals surface area contributed by atoms with Crippen LogP contribution in [0.25, 0.3) is 0 Å². The van der Waals surface area contributed by atoms with E-state index in [1.54, 1.807) is 0 Å². The Balaban J connectivity index is 0.00000110. The molecule has 0 aliphatic carbocycles. The summed E-state index contributed by atoms with van der Waals surface area (Å²) in [6.45, 7) is 3.89. The summed E-state index contributed by atoms with van der Waals surface area (Å²) in [5.74, 6) is 2.02. The number of hydrogen-bond donors (Lipinski definition) is 2. The normalized spacial score (nSPS) is 21.7. The molecule has 21 heavy (non-hydrogen) atoms. The number of rotatable bonds is 3. The molecule has 0 spiro atoms. The number of halogens is 2. The number of carbonyl (C=O) groups excluding carboxylic acids is 1. The summed E-state index contributed by atoms with van der Waals surface area (Å²) >= 11 is 0. The van der Waals surface area contributed by atoms with E-state index >= 15 is 0 Å². The van der Waals surface area contributed by atoms with Gasteiger partial charge < -0.3 is 15.2 Å². The SMILES string of the molecule is CC(NC(=O)[C@@H]1CCCCN1)c1nnc2n1CCC2.Cl.Cl. The van der Waals surface area contributed by atoms with Crippen molar-refractivity contribution in [3.8, 4) is 0 Å². The average Bonchev–Trinajstić information content (AvgIpc) is 3.01. The van der Waals surface area contributed by atoms with Crippen LogP contribution in [0.4, 0.5) is 0 Å². The molecule has 1 fully saturated rings. The van der Waals surface area contributed by atoms with Crippen LogP contribution >= 0.6 is 24.8 Å². The minimum atomic E-state index is -0.0735. The molecule has 1 unspecified atom stereocenters. The van der Waals surface area contributed by atoms with Crippen molar-refractivity contribution in [1.29, 1.82) is 0 Å². The van der Waals surface area contributed by atoms with Gasteiger partial charge in [-0.15, -0.1) is 35.0 Å². The minimum Gasteiger partial charge on any atom is -0.345 e. The molecule has 3 heterocycles. The van der Waals surface area contributed by atoms with Crippen LogP contribution in [-0.2, 0) is 17.8 Å². The van der Waals surface area contributed by atoms with E-state index in [2.05, 4.69) is 25.4 Å². The maximum absolute atomic E-state index is 12.2. The molecule has 1 amide bonds. The Kier molecular flexibility index (Phi) is 6.90. The van der Waals surface area contributed by atoms with Gasteiger partial charge in [0.2, 0.25) is 5.91 Å². The predicted molar refractivity (Wildman–Crippen MR) is 85.0 cm³/mol. The zero-order valence-corrected chi connectivity index (χ0v) is 13.8. The second-order valence-electron chi connectivity index (χ2n) is 5.46. The maximum Gasteiger partial charge on any atom is 0.237 e. The molecule has 1 saturated heterocycles. The zero-order chi connectivity index (χ0) is 13.2. The Labute approximate surface area is 137 Å². The molecule has 3 rings (SSSR count). The molecule has 1 aromatic heterocycles. The van der Waals surface area contributed by atoms with Crippen molar-refractivity contribution in [2.24, 2.45) is 0 Å². The molecule has 2 aliphatic rings. The molecule has 1 aromatic rings. The lowest BCUT2D eigenvalue weighted by Gasteiger charge is -2.24. The number of fused-ring (bicyclic) bond motifs is 1. The van der Waals surface area contributed by atoms with E-state index in [0.29, 0.717) is 0 Å². The fraction of sp³-hybridized carbons (Fsp3) is 0.769. The molecular weight excluding hydrogens is 313 g/mol. The number of carbonyl (C=O) groups is 1. The van der Waals surface area contributed by atoms with Crippen molar-refractivity contribution in [1.82, 2.24) is 25.4 Å². The summed E-state index contributed by atoms with van der Waals surface area (Å²) in [5.41, 5.74) is 0. The maximum atomic E-state index is 12.2. The van der Waals surface area contributed by atoms with Gasteiger partial charge in [0.25, 0.3) is 0 Å². The highest BCUT2D eigenvalue weighted by atomic mass is 35.5. The minimum absolute atomic E-state index is 0. The monoisotopic (exact) mass is 335 g/mol. The number of aryl methyl sites for hydroxylation is 1. The molecule has 2 aliphatic heterocycles. The first-order valence-corrected chi connectivity index (χ1v) is 7.21. The summed E-state index contributed by atoms with van der Waals surface area (Å²) in [5, 5.41) is 14.7. The first-order valence-electron chi connectivity index (χ1n) is 7.21. The van der Waals surface area contributed by atoms with E-state index in [1.165, 1.54) is 0 Å². The molecular formula is C13H23Cl2N5O. The van der Waals surface area contributed by atoms with Crippen molar-refractivity contribution < 1.29 is 4.79 Å². The smallest absolute Gasteiger partial charge is 0.237 e. The van der Waals surface area contributed by atoms with Crippen molar-refractivity contribution in [3.05, 3.63) is 11.6 Å². The van der Waals surface area contributed by atoms with Gasteiger partial charge in [-0.05, 0) is 32.7 Å². The van der Waals surface area contributed by atoms with Crippen LogP contribution in [0.1, 0.15) is 50.3 Å². The Hall–Kier alpha value is -0.850. The van der Waals surface area contributed by atoms with Crippen LogP contribution in [0.3, 0.4) is 0 Å². The third-order valence-electron chi connectivity index (χ3n) is 4.01. The zero-order valence-electron chi connectivity index (χ0n) is 12.2. The van der Waals surface area contributed by atoms with Gasteiger partial charge in [0, 0.05) is 13.0 Å². The second-order valence-corrected chi connectivity index (χ2v) is 5.46. The molecule has 6 nitrogen and oxygen atoms in total. The molecule has 0 radical (unpaired) electrons. The van der Waals surface area contributed by atoms with Gasteiger partial charge in [-0.2, -0.15) is 0 Å². The van der Waals surface area contributed by atoms with E-state index in [-0.39, 0.29) is 42.8 Å². The van der Waals surface area contributed by atoms with Gasteiger partial charge in [-0.25, -0.2) is 0 Å². The molecule has 0 aromatic carbocycles. The summed E-state index contributed by atoms with van der Waals surface area (Å²) in [7, 11) is 0. The molecule has 0 saturated carbocycles. The number of amides is 1. The molecule has 0 bridgehead atoms. The Morgan fingerprint density at radius 1 is 1.33 bits per heavy atom. The summed E-state index contributed by atoms with van der Waals surface area (Å²) in [6, 6.07) is -0.118. The lowest BCUT2D eigenvalue weighted by atomic mass is 10.0. The Morgan fingerprint density at radius 2 is 2.14 bits per heavy atom. The quantitative estimate of drug-likeness (QED) is 0.875. The van der Waals surface area contributed by atoms with E-state index in [9.17, 15) is 4.79 Å². The van der Waals surface area contributed by atoms with Gasteiger partial charge in [-0.1, -0.05) is 6.42 Å². The number of hydrogen-bond acceptors (Lipinski definition) is 4. The standard InChI is InChI=1S/C13H21N5O.2ClH/c1-9(12-17-16-11-6-4-8-18(11)12)15-13(19)10-5-2-3-7-14-10;;/h9-10,14H,2-8H2,1H3,(H,15,19);2*1H/t9?,10-;;/m0../s1. The van der Waals surface area contributed by atoms with Crippen LogP contribution < -0.4 is 10.6 Å². The average molecular weight is 336 g/mol. The lowest BCUT2D eigenvalue weighted by molar-refractivity contribution is -0.124. The Morgan fingerprint density at radius 3 is 2.86 bits per heavy atom. The second kappa shape index (κ2) is 7.96. The summed E-state index contributed by atoms with van der Waals surface area (Å²) in [6.07, 6.45) is 5.34. The van der Waals surface area contributed by atoms with Crippen molar-refractivity contribution in [2.45, 2.75) is 57.7 Å². The molecule has 2 atom stereocenters. The van der Waals surface area contributed by atoms with E-state index in [4.69, 9.17) is 0 Å². The van der Waals surface area contributed by atoms with Crippen LogP contribution in [0.5, 0.6) is 0 Å². The lowest BCUT2D eigenvalue weighted by Crippen LogP contribution is -2.47. The topological polar surface area (TPSA) is 71.8 Å². The predicted octanol–water partition coefficient (Wildman–Crippen LogP) is 1.39.